The SMILES string of the molecule is Cc1cc(CC(=O)N[C@@H]2CCCOc3cc(Cl)ccc32)n[nH]1. The Morgan fingerprint density at radius 1 is 1.50 bits per heavy atom. The first-order valence-electron chi connectivity index (χ1n) is 7.34. The zero-order valence-corrected chi connectivity index (χ0v) is 13.1. The minimum atomic E-state index is -0.0534. The van der Waals surface area contributed by atoms with Crippen LogP contribution in [-0.4, -0.2) is 22.7 Å². The van der Waals surface area contributed by atoms with E-state index in [0.717, 1.165) is 35.5 Å². The van der Waals surface area contributed by atoms with E-state index in [1.54, 1.807) is 6.07 Å². The fraction of sp³-hybridized carbons (Fsp3) is 0.375. The Morgan fingerprint density at radius 3 is 3.14 bits per heavy atom. The van der Waals surface area contributed by atoms with Crippen LogP contribution in [0.2, 0.25) is 5.02 Å². The van der Waals surface area contributed by atoms with Crippen molar-refractivity contribution in [3.05, 3.63) is 46.2 Å². The minimum Gasteiger partial charge on any atom is -0.493 e. The number of carbonyl (C=O) groups excluding carboxylic acids is 1. The van der Waals surface area contributed by atoms with Crippen molar-refractivity contribution < 1.29 is 9.53 Å². The smallest absolute Gasteiger partial charge is 0.226 e. The zero-order valence-electron chi connectivity index (χ0n) is 12.4. The van der Waals surface area contributed by atoms with Crippen LogP contribution in [0.1, 0.15) is 35.8 Å². The first-order chi connectivity index (χ1) is 10.6. The van der Waals surface area contributed by atoms with Gasteiger partial charge in [0.1, 0.15) is 5.75 Å². The summed E-state index contributed by atoms with van der Waals surface area (Å²) in [6.07, 6.45) is 2.00. The average molecular weight is 320 g/mol. The van der Waals surface area contributed by atoms with Crippen LogP contribution in [0.15, 0.2) is 24.3 Å². The maximum Gasteiger partial charge on any atom is 0.226 e. The average Bonchev–Trinajstić information content (AvgIpc) is 2.77. The number of benzene rings is 1. The molecule has 116 valence electrons. The van der Waals surface area contributed by atoms with Crippen LogP contribution in [0.5, 0.6) is 5.75 Å². The Hall–Kier alpha value is -2.01. The highest BCUT2D eigenvalue weighted by molar-refractivity contribution is 6.30. The number of ether oxygens (including phenoxy) is 1. The number of nitrogens with zero attached hydrogens (tertiary/aromatic N) is 1. The molecule has 0 spiro atoms. The molecule has 1 aliphatic rings. The molecule has 1 atom stereocenters. The van der Waals surface area contributed by atoms with Gasteiger partial charge in [0, 0.05) is 16.3 Å². The van der Waals surface area contributed by atoms with Gasteiger partial charge >= 0.3 is 0 Å². The maximum absolute atomic E-state index is 12.2. The van der Waals surface area contributed by atoms with Gasteiger partial charge in [0.2, 0.25) is 5.91 Å². The van der Waals surface area contributed by atoms with Gasteiger partial charge in [-0.15, -0.1) is 0 Å². The molecule has 1 aromatic carbocycles. The summed E-state index contributed by atoms with van der Waals surface area (Å²) in [6.45, 7) is 2.55. The lowest BCUT2D eigenvalue weighted by Crippen LogP contribution is -2.29. The molecule has 0 aliphatic carbocycles. The van der Waals surface area contributed by atoms with E-state index >= 15 is 0 Å². The summed E-state index contributed by atoms with van der Waals surface area (Å²) >= 11 is 6.01. The molecule has 1 amide bonds. The number of aromatic nitrogens is 2. The number of rotatable bonds is 3. The Kier molecular flexibility index (Phi) is 4.34. The molecule has 5 nitrogen and oxygen atoms in total. The highest BCUT2D eigenvalue weighted by Gasteiger charge is 2.22. The summed E-state index contributed by atoms with van der Waals surface area (Å²) in [5.74, 6) is 0.713. The molecule has 0 fully saturated rings. The second-order valence-corrected chi connectivity index (χ2v) is 5.95. The van der Waals surface area contributed by atoms with Crippen molar-refractivity contribution in [1.82, 2.24) is 15.5 Å². The Bertz CT molecular complexity index is 684. The molecule has 3 rings (SSSR count). The molecule has 2 N–H and O–H groups in total. The summed E-state index contributed by atoms with van der Waals surface area (Å²) in [4.78, 5) is 12.2. The lowest BCUT2D eigenvalue weighted by molar-refractivity contribution is -0.121. The fourth-order valence-electron chi connectivity index (χ4n) is 2.67. The number of hydrogen-bond donors (Lipinski definition) is 2. The lowest BCUT2D eigenvalue weighted by atomic mass is 10.0. The largest absolute Gasteiger partial charge is 0.493 e. The molecule has 0 bridgehead atoms. The van der Waals surface area contributed by atoms with E-state index in [1.165, 1.54) is 0 Å². The van der Waals surface area contributed by atoms with E-state index in [4.69, 9.17) is 16.3 Å². The van der Waals surface area contributed by atoms with Gasteiger partial charge in [0.15, 0.2) is 0 Å². The van der Waals surface area contributed by atoms with Crippen LogP contribution < -0.4 is 10.1 Å². The molecule has 0 radical (unpaired) electrons. The number of hydrogen-bond acceptors (Lipinski definition) is 3. The second kappa shape index (κ2) is 6.40. The van der Waals surface area contributed by atoms with Crippen LogP contribution in [-0.2, 0) is 11.2 Å². The lowest BCUT2D eigenvalue weighted by Gasteiger charge is -2.18. The van der Waals surface area contributed by atoms with Crippen LogP contribution in [0.25, 0.3) is 0 Å². The molecule has 2 heterocycles. The highest BCUT2D eigenvalue weighted by atomic mass is 35.5. The van der Waals surface area contributed by atoms with E-state index in [-0.39, 0.29) is 18.4 Å². The number of amides is 1. The van der Waals surface area contributed by atoms with Crippen molar-refractivity contribution in [2.45, 2.75) is 32.2 Å². The fourth-order valence-corrected chi connectivity index (χ4v) is 2.83. The van der Waals surface area contributed by atoms with Gasteiger partial charge in [-0.3, -0.25) is 9.89 Å². The van der Waals surface area contributed by atoms with Gasteiger partial charge in [-0.05, 0) is 38.0 Å². The van der Waals surface area contributed by atoms with Crippen LogP contribution in [0.4, 0.5) is 0 Å². The monoisotopic (exact) mass is 319 g/mol. The molecule has 2 aromatic rings. The Labute approximate surface area is 134 Å². The third kappa shape index (κ3) is 3.42. The summed E-state index contributed by atoms with van der Waals surface area (Å²) < 4.78 is 5.71. The van der Waals surface area contributed by atoms with Gasteiger partial charge < -0.3 is 10.1 Å². The predicted octanol–water partition coefficient (Wildman–Crippen LogP) is 2.94. The van der Waals surface area contributed by atoms with E-state index < -0.39 is 0 Å². The van der Waals surface area contributed by atoms with Gasteiger partial charge in [0.05, 0.1) is 24.8 Å². The molecule has 0 unspecified atom stereocenters. The second-order valence-electron chi connectivity index (χ2n) is 5.51. The third-order valence-electron chi connectivity index (χ3n) is 3.68. The van der Waals surface area contributed by atoms with Gasteiger partial charge in [0.25, 0.3) is 0 Å². The number of nitrogens with one attached hydrogen (secondary N) is 2. The van der Waals surface area contributed by atoms with Gasteiger partial charge in [-0.25, -0.2) is 0 Å². The van der Waals surface area contributed by atoms with Gasteiger partial charge in [-0.2, -0.15) is 5.10 Å². The molecule has 1 aliphatic heterocycles. The zero-order chi connectivity index (χ0) is 15.5. The first kappa shape index (κ1) is 14.9. The summed E-state index contributed by atoms with van der Waals surface area (Å²) in [5, 5.41) is 10.7. The van der Waals surface area contributed by atoms with Crippen LogP contribution in [0.3, 0.4) is 0 Å². The minimum absolute atomic E-state index is 0.0423. The molecule has 22 heavy (non-hydrogen) atoms. The number of halogens is 1. The van der Waals surface area contributed by atoms with Crippen molar-refractivity contribution in [3.63, 3.8) is 0 Å². The normalized spacial score (nSPS) is 17.3. The molecule has 0 saturated heterocycles. The Balaban J connectivity index is 1.73. The van der Waals surface area contributed by atoms with Crippen molar-refractivity contribution in [3.8, 4) is 5.75 Å². The van der Waals surface area contributed by atoms with E-state index in [0.29, 0.717) is 11.6 Å². The summed E-state index contributed by atoms with van der Waals surface area (Å²) in [7, 11) is 0. The summed E-state index contributed by atoms with van der Waals surface area (Å²) in [5.41, 5.74) is 2.68. The molecule has 1 aromatic heterocycles. The van der Waals surface area contributed by atoms with Crippen LogP contribution >= 0.6 is 11.6 Å². The van der Waals surface area contributed by atoms with Crippen molar-refractivity contribution in [1.29, 1.82) is 0 Å². The molecular formula is C16H18ClN3O2. The maximum atomic E-state index is 12.2. The third-order valence-corrected chi connectivity index (χ3v) is 3.92. The van der Waals surface area contributed by atoms with E-state index in [1.807, 2.05) is 25.1 Å². The van der Waals surface area contributed by atoms with Gasteiger partial charge in [-0.1, -0.05) is 17.7 Å². The first-order valence-corrected chi connectivity index (χ1v) is 7.72. The molecular weight excluding hydrogens is 302 g/mol. The quantitative estimate of drug-likeness (QED) is 0.914. The molecule has 0 saturated carbocycles. The number of fused-ring (bicyclic) bond motifs is 1. The standard InChI is InChI=1S/C16H18ClN3O2/c1-10-7-12(20-19-10)9-16(21)18-14-3-2-6-22-15-8-11(17)4-5-13(14)15/h4-5,7-8,14H,2-3,6,9H2,1H3,(H,18,21)(H,19,20)/t14-/m1/s1. The summed E-state index contributed by atoms with van der Waals surface area (Å²) in [6, 6.07) is 7.38. The number of H-pyrrole nitrogens is 1. The highest BCUT2D eigenvalue weighted by Crippen LogP contribution is 2.33. The predicted molar refractivity (Wildman–Crippen MR) is 84.1 cm³/mol. The van der Waals surface area contributed by atoms with Crippen molar-refractivity contribution in [2.75, 3.05) is 6.61 Å². The van der Waals surface area contributed by atoms with Crippen LogP contribution in [0, 0.1) is 6.92 Å². The van der Waals surface area contributed by atoms with Crippen molar-refractivity contribution in [2.24, 2.45) is 0 Å². The number of aromatic amines is 1. The Morgan fingerprint density at radius 2 is 2.36 bits per heavy atom. The topological polar surface area (TPSA) is 67.0 Å². The van der Waals surface area contributed by atoms with E-state index in [9.17, 15) is 4.79 Å². The van der Waals surface area contributed by atoms with Crippen molar-refractivity contribution >= 4 is 17.5 Å². The number of carbonyl (C=O) groups is 1. The molecule has 6 heteroatoms. The van der Waals surface area contributed by atoms with E-state index in [2.05, 4.69) is 15.5 Å². The number of aryl methyl sites for hydroxylation is 1.